The van der Waals surface area contributed by atoms with E-state index < -0.39 is 15.9 Å². The number of sulfonamides is 1. The Labute approximate surface area is 221 Å². The first-order chi connectivity index (χ1) is 17.1. The number of halogens is 2. The van der Waals surface area contributed by atoms with Gasteiger partial charge in [0.1, 0.15) is 8.55 Å². The monoisotopic (exact) mass is 554 g/mol. The third kappa shape index (κ3) is 5.30. The molecule has 0 bridgehead atoms. The number of amides is 1. The Kier molecular flexibility index (Phi) is 7.21. The fraction of sp³-hybridized carbons (Fsp3) is 0.0800. The van der Waals surface area contributed by atoms with Crippen molar-refractivity contribution in [2.75, 3.05) is 0 Å². The van der Waals surface area contributed by atoms with Crippen LogP contribution in [-0.2, 0) is 21.4 Å². The number of rotatable bonds is 6. The smallest absolute Gasteiger partial charge is 0.273 e. The van der Waals surface area contributed by atoms with Gasteiger partial charge in [-0.2, -0.15) is 10.5 Å². The van der Waals surface area contributed by atoms with Crippen LogP contribution in [-0.4, -0.2) is 18.9 Å². The molecule has 2 heterocycles. The molecule has 0 spiro atoms. The summed E-state index contributed by atoms with van der Waals surface area (Å²) in [5, 5.41) is 19.6. The van der Waals surface area contributed by atoms with E-state index in [1.165, 1.54) is 12.1 Å². The van der Waals surface area contributed by atoms with Crippen molar-refractivity contribution < 1.29 is 13.2 Å². The van der Waals surface area contributed by atoms with Gasteiger partial charge in [0.2, 0.25) is 0 Å². The lowest BCUT2D eigenvalue weighted by Crippen LogP contribution is -2.28. The lowest BCUT2D eigenvalue weighted by Gasteiger charge is -2.09. The van der Waals surface area contributed by atoms with Crippen LogP contribution >= 0.6 is 34.5 Å². The zero-order chi connectivity index (χ0) is 26.0. The van der Waals surface area contributed by atoms with E-state index in [1.54, 1.807) is 30.3 Å². The summed E-state index contributed by atoms with van der Waals surface area (Å²) in [6.07, 6.45) is 4.48. The van der Waals surface area contributed by atoms with Crippen molar-refractivity contribution in [1.29, 1.82) is 10.5 Å². The second-order valence-electron chi connectivity index (χ2n) is 7.82. The number of nitriles is 2. The number of aryl methyl sites for hydroxylation is 1. The third-order valence-corrected chi connectivity index (χ3v) is 8.96. The number of benzene rings is 2. The van der Waals surface area contributed by atoms with Crippen molar-refractivity contribution in [3.05, 3.63) is 91.9 Å². The third-order valence-electron chi connectivity index (χ3n) is 5.28. The maximum absolute atomic E-state index is 12.5. The molecule has 0 saturated heterocycles. The molecule has 0 fully saturated rings. The van der Waals surface area contributed by atoms with Gasteiger partial charge in [0.05, 0.1) is 33.8 Å². The van der Waals surface area contributed by atoms with Gasteiger partial charge in [0.25, 0.3) is 15.9 Å². The average Bonchev–Trinajstić information content (AvgIpc) is 3.36. The molecule has 7 nitrogen and oxygen atoms in total. The van der Waals surface area contributed by atoms with E-state index in [1.807, 2.05) is 28.5 Å². The molecule has 0 unspecified atom stereocenters. The van der Waals surface area contributed by atoms with Gasteiger partial charge in [-0.1, -0.05) is 35.3 Å². The van der Waals surface area contributed by atoms with Crippen LogP contribution in [0, 0.1) is 29.6 Å². The van der Waals surface area contributed by atoms with Crippen LogP contribution in [0.2, 0.25) is 9.36 Å². The minimum atomic E-state index is -4.16. The summed E-state index contributed by atoms with van der Waals surface area (Å²) >= 11 is 12.4. The summed E-state index contributed by atoms with van der Waals surface area (Å²) in [4.78, 5) is 12.5. The topological polar surface area (TPSA) is 116 Å². The van der Waals surface area contributed by atoms with Crippen LogP contribution < -0.4 is 4.72 Å². The van der Waals surface area contributed by atoms with E-state index in [0.717, 1.165) is 39.4 Å². The molecule has 1 amide bonds. The second kappa shape index (κ2) is 10.2. The molecule has 2 aromatic heterocycles. The predicted molar refractivity (Wildman–Crippen MR) is 140 cm³/mol. The lowest BCUT2D eigenvalue weighted by atomic mass is 10.0. The first kappa shape index (κ1) is 25.5. The largest absolute Gasteiger partial charge is 0.342 e. The quantitative estimate of drug-likeness (QED) is 0.310. The molecule has 2 aromatic carbocycles. The van der Waals surface area contributed by atoms with Crippen LogP contribution in [0.3, 0.4) is 0 Å². The summed E-state index contributed by atoms with van der Waals surface area (Å²) in [6.45, 7) is 2.36. The van der Waals surface area contributed by atoms with Gasteiger partial charge in [-0.05, 0) is 54.5 Å². The standard InChI is InChI=1S/C25H16Cl2N4O3S2/c1-15-13-31(14-17-4-2-3-16(7-17)11-28)24-19(8-18(12-29)9-20(15)24)5-6-22(32)30-36(33,34)23-10-21(26)25(27)35-23/h2-10,13H,14H2,1H3,(H,30,32)/b6-5+. The van der Waals surface area contributed by atoms with Gasteiger partial charge in [-0.25, -0.2) is 13.1 Å². The number of hydrogen-bond donors (Lipinski definition) is 1. The Bertz CT molecular complexity index is 1720. The van der Waals surface area contributed by atoms with Crippen molar-refractivity contribution in [1.82, 2.24) is 9.29 Å². The summed E-state index contributed by atoms with van der Waals surface area (Å²) in [5.74, 6) is -0.872. The summed E-state index contributed by atoms with van der Waals surface area (Å²) < 4.78 is 28.9. The molecular weight excluding hydrogens is 539 g/mol. The number of thiophene rings is 1. The Hall–Kier alpha value is -3.60. The van der Waals surface area contributed by atoms with Crippen molar-refractivity contribution in [3.63, 3.8) is 0 Å². The number of carbonyl (C=O) groups excluding carboxylic acids is 1. The highest BCUT2D eigenvalue weighted by atomic mass is 35.5. The number of nitrogens with one attached hydrogen (secondary N) is 1. The van der Waals surface area contributed by atoms with Gasteiger partial charge in [0.15, 0.2) is 0 Å². The van der Waals surface area contributed by atoms with Crippen molar-refractivity contribution >= 4 is 67.4 Å². The van der Waals surface area contributed by atoms with Gasteiger partial charge < -0.3 is 4.57 Å². The first-order valence-corrected chi connectivity index (χ1v) is 13.4. The van der Waals surface area contributed by atoms with E-state index in [-0.39, 0.29) is 13.6 Å². The highest BCUT2D eigenvalue weighted by Gasteiger charge is 2.21. The molecule has 0 atom stereocenters. The molecule has 180 valence electrons. The molecular formula is C25H16Cl2N4O3S2. The lowest BCUT2D eigenvalue weighted by molar-refractivity contribution is -0.114. The molecule has 0 aliphatic carbocycles. The van der Waals surface area contributed by atoms with Gasteiger partial charge in [0, 0.05) is 29.8 Å². The fourth-order valence-electron chi connectivity index (χ4n) is 3.74. The van der Waals surface area contributed by atoms with Crippen LogP contribution in [0.4, 0.5) is 0 Å². The maximum Gasteiger partial charge on any atom is 0.273 e. The number of nitrogens with zero attached hydrogens (tertiary/aromatic N) is 3. The second-order valence-corrected chi connectivity index (χ2v) is 11.8. The van der Waals surface area contributed by atoms with Crippen LogP contribution in [0.5, 0.6) is 0 Å². The minimum absolute atomic E-state index is 0.0807. The molecule has 0 saturated carbocycles. The maximum atomic E-state index is 12.5. The first-order valence-electron chi connectivity index (χ1n) is 10.3. The van der Waals surface area contributed by atoms with Crippen molar-refractivity contribution in [3.8, 4) is 12.1 Å². The van der Waals surface area contributed by atoms with E-state index in [2.05, 4.69) is 12.1 Å². The van der Waals surface area contributed by atoms with E-state index in [4.69, 9.17) is 23.2 Å². The highest BCUT2D eigenvalue weighted by molar-refractivity contribution is 7.92. The summed E-state index contributed by atoms with van der Waals surface area (Å²) in [7, 11) is -4.16. The fourth-order valence-corrected chi connectivity index (χ4v) is 6.57. The molecule has 11 heteroatoms. The van der Waals surface area contributed by atoms with Crippen LogP contribution in [0.15, 0.2) is 58.9 Å². The van der Waals surface area contributed by atoms with Gasteiger partial charge in [-0.15, -0.1) is 11.3 Å². The number of carbonyl (C=O) groups is 1. The number of hydrogen-bond acceptors (Lipinski definition) is 6. The zero-order valence-corrected chi connectivity index (χ0v) is 21.8. The Morgan fingerprint density at radius 3 is 2.56 bits per heavy atom. The molecule has 4 rings (SSSR count). The van der Waals surface area contributed by atoms with E-state index in [9.17, 15) is 23.7 Å². The van der Waals surface area contributed by atoms with Gasteiger partial charge in [-0.3, -0.25) is 4.79 Å². The number of fused-ring (bicyclic) bond motifs is 1. The van der Waals surface area contributed by atoms with E-state index in [0.29, 0.717) is 23.2 Å². The molecule has 0 radical (unpaired) electrons. The number of aromatic nitrogens is 1. The van der Waals surface area contributed by atoms with Crippen LogP contribution in [0.25, 0.3) is 17.0 Å². The minimum Gasteiger partial charge on any atom is -0.342 e. The SMILES string of the molecule is Cc1cn(Cc2cccc(C#N)c2)c2c(/C=C/C(=O)NS(=O)(=O)c3cc(Cl)c(Cl)s3)cc(C#N)cc12. The van der Waals surface area contributed by atoms with Crippen molar-refractivity contribution in [2.24, 2.45) is 0 Å². The van der Waals surface area contributed by atoms with Crippen molar-refractivity contribution in [2.45, 2.75) is 17.7 Å². The summed E-state index contributed by atoms with van der Waals surface area (Å²) in [5.41, 5.74) is 4.08. The Morgan fingerprint density at radius 2 is 1.89 bits per heavy atom. The summed E-state index contributed by atoms with van der Waals surface area (Å²) in [6, 6.07) is 16.0. The zero-order valence-electron chi connectivity index (χ0n) is 18.6. The predicted octanol–water partition coefficient (Wildman–Crippen LogP) is 5.63. The average molecular weight is 555 g/mol. The van der Waals surface area contributed by atoms with Crippen LogP contribution in [0.1, 0.15) is 27.8 Å². The Balaban J connectivity index is 1.70. The molecule has 0 aliphatic heterocycles. The Morgan fingerprint density at radius 1 is 1.14 bits per heavy atom. The molecule has 36 heavy (non-hydrogen) atoms. The highest BCUT2D eigenvalue weighted by Crippen LogP contribution is 2.34. The van der Waals surface area contributed by atoms with Gasteiger partial charge >= 0.3 is 0 Å². The normalized spacial score (nSPS) is 11.5. The molecule has 1 N–H and O–H groups in total. The van der Waals surface area contributed by atoms with E-state index >= 15 is 0 Å². The molecule has 4 aromatic rings. The molecule has 0 aliphatic rings.